The molecule has 4 heteroatoms. The second kappa shape index (κ2) is 8.16. The van der Waals surface area contributed by atoms with E-state index in [2.05, 4.69) is 12.2 Å². The lowest BCUT2D eigenvalue weighted by molar-refractivity contribution is -0.117. The van der Waals surface area contributed by atoms with Crippen LogP contribution in [0.3, 0.4) is 0 Å². The maximum atomic E-state index is 11.8. The number of anilines is 1. The van der Waals surface area contributed by atoms with Gasteiger partial charge in [-0.15, -0.1) is 0 Å². The van der Waals surface area contributed by atoms with E-state index in [-0.39, 0.29) is 5.91 Å². The minimum absolute atomic E-state index is 0.104. The largest absolute Gasteiger partial charge is 0.325 e. The molecule has 1 aromatic carbocycles. The summed E-state index contributed by atoms with van der Waals surface area (Å²) >= 11 is 1.70. The fourth-order valence-electron chi connectivity index (χ4n) is 1.65. The van der Waals surface area contributed by atoms with Gasteiger partial charge in [0.15, 0.2) is 0 Å². The van der Waals surface area contributed by atoms with E-state index in [1.807, 2.05) is 30.5 Å². The number of nitrogens with one attached hydrogen (secondary N) is 1. The van der Waals surface area contributed by atoms with Crippen molar-refractivity contribution in [3.8, 4) is 0 Å². The van der Waals surface area contributed by atoms with Crippen LogP contribution in [0.2, 0.25) is 0 Å². The summed E-state index contributed by atoms with van der Waals surface area (Å²) in [6, 6.07) is 7.54. The molecule has 0 bridgehead atoms. The highest BCUT2D eigenvalue weighted by Crippen LogP contribution is 2.11. The maximum Gasteiger partial charge on any atom is 0.241 e. The predicted molar refractivity (Wildman–Crippen MR) is 80.0 cm³/mol. The van der Waals surface area contributed by atoms with E-state index >= 15 is 0 Å². The van der Waals surface area contributed by atoms with Gasteiger partial charge in [0.2, 0.25) is 5.91 Å². The molecule has 1 amide bonds. The molecule has 0 radical (unpaired) electrons. The molecule has 1 atom stereocenters. The lowest BCUT2D eigenvalue weighted by Gasteiger charge is -2.11. The second-order valence-corrected chi connectivity index (χ2v) is 5.31. The molecule has 100 valence electrons. The van der Waals surface area contributed by atoms with E-state index < -0.39 is 6.04 Å². The number of hydrogen-bond donors (Lipinski definition) is 2. The smallest absolute Gasteiger partial charge is 0.241 e. The molecule has 0 spiro atoms. The third-order valence-corrected chi connectivity index (χ3v) is 3.37. The molecule has 0 aliphatic heterocycles. The number of nitrogens with two attached hydrogens (primary N) is 1. The summed E-state index contributed by atoms with van der Waals surface area (Å²) < 4.78 is 0. The highest BCUT2D eigenvalue weighted by atomic mass is 32.2. The minimum atomic E-state index is -0.423. The molecule has 0 unspecified atom stereocenters. The van der Waals surface area contributed by atoms with Crippen molar-refractivity contribution < 1.29 is 4.79 Å². The Kier molecular flexibility index (Phi) is 6.83. The van der Waals surface area contributed by atoms with Crippen LogP contribution < -0.4 is 11.1 Å². The quantitative estimate of drug-likeness (QED) is 0.797. The van der Waals surface area contributed by atoms with Gasteiger partial charge >= 0.3 is 0 Å². The molecule has 18 heavy (non-hydrogen) atoms. The fraction of sp³-hybridized carbons (Fsp3) is 0.500. The lowest BCUT2D eigenvalue weighted by atomic mass is 10.1. The molecule has 0 saturated carbocycles. The molecule has 3 N–H and O–H groups in total. The number of thioether (sulfide) groups is 1. The molecule has 0 aromatic heterocycles. The van der Waals surface area contributed by atoms with Gasteiger partial charge in [0.1, 0.15) is 0 Å². The second-order valence-electron chi connectivity index (χ2n) is 4.32. The average molecular weight is 266 g/mol. The van der Waals surface area contributed by atoms with Crippen LogP contribution >= 0.6 is 11.8 Å². The Balaban J connectivity index is 2.48. The normalized spacial score (nSPS) is 12.2. The number of carbonyl (C=O) groups is 1. The molecular formula is C14H22N2OS. The molecule has 1 aromatic rings. The summed E-state index contributed by atoms with van der Waals surface area (Å²) in [5.41, 5.74) is 7.92. The van der Waals surface area contributed by atoms with Gasteiger partial charge in [0.05, 0.1) is 6.04 Å². The van der Waals surface area contributed by atoms with Crippen LogP contribution in [0.1, 0.15) is 25.3 Å². The molecule has 1 rings (SSSR count). The first kappa shape index (κ1) is 15.1. The Hall–Kier alpha value is -1.00. The van der Waals surface area contributed by atoms with Crippen LogP contribution in [-0.2, 0) is 11.2 Å². The monoisotopic (exact) mass is 266 g/mol. The Labute approximate surface area is 114 Å². The summed E-state index contributed by atoms with van der Waals surface area (Å²) in [6.07, 6.45) is 4.92. The van der Waals surface area contributed by atoms with E-state index in [0.29, 0.717) is 6.42 Å². The van der Waals surface area contributed by atoms with Gasteiger partial charge in [-0.2, -0.15) is 11.8 Å². The number of hydrogen-bond acceptors (Lipinski definition) is 3. The number of aryl methyl sites for hydroxylation is 1. The molecule has 0 saturated heterocycles. The number of carbonyl (C=O) groups excluding carboxylic acids is 1. The van der Waals surface area contributed by atoms with Crippen molar-refractivity contribution in [2.45, 2.75) is 32.2 Å². The summed E-state index contributed by atoms with van der Waals surface area (Å²) in [6.45, 7) is 2.15. The van der Waals surface area contributed by atoms with Crippen LogP contribution in [0.4, 0.5) is 5.69 Å². The first-order chi connectivity index (χ1) is 8.67. The summed E-state index contributed by atoms with van der Waals surface area (Å²) in [5, 5.41) is 2.85. The summed E-state index contributed by atoms with van der Waals surface area (Å²) in [5.74, 6) is 0.802. The van der Waals surface area contributed by atoms with Crippen LogP contribution in [0, 0.1) is 0 Å². The van der Waals surface area contributed by atoms with E-state index in [9.17, 15) is 4.79 Å². The number of benzene rings is 1. The lowest BCUT2D eigenvalue weighted by Crippen LogP contribution is -2.36. The summed E-state index contributed by atoms with van der Waals surface area (Å²) in [7, 11) is 0. The van der Waals surface area contributed by atoms with Crippen molar-refractivity contribution in [2.75, 3.05) is 17.3 Å². The maximum absolute atomic E-state index is 11.8. The molecule has 0 aliphatic rings. The first-order valence-corrected chi connectivity index (χ1v) is 7.71. The first-order valence-electron chi connectivity index (χ1n) is 6.31. The Bertz CT molecular complexity index is 365. The van der Waals surface area contributed by atoms with Gasteiger partial charge in [-0.3, -0.25) is 4.79 Å². The molecular weight excluding hydrogens is 244 g/mol. The molecule has 0 aliphatic carbocycles. The van der Waals surface area contributed by atoms with E-state index in [4.69, 9.17) is 5.73 Å². The summed E-state index contributed by atoms with van der Waals surface area (Å²) in [4.78, 5) is 11.8. The highest BCUT2D eigenvalue weighted by Gasteiger charge is 2.12. The van der Waals surface area contributed by atoms with Crippen LogP contribution in [-0.4, -0.2) is 24.0 Å². The third-order valence-electron chi connectivity index (χ3n) is 2.73. The van der Waals surface area contributed by atoms with E-state index in [1.165, 1.54) is 5.56 Å². The van der Waals surface area contributed by atoms with E-state index in [0.717, 1.165) is 24.3 Å². The molecule has 0 heterocycles. The van der Waals surface area contributed by atoms with Gasteiger partial charge in [0, 0.05) is 5.69 Å². The van der Waals surface area contributed by atoms with E-state index in [1.54, 1.807) is 11.8 Å². The minimum Gasteiger partial charge on any atom is -0.325 e. The zero-order valence-electron chi connectivity index (χ0n) is 11.1. The zero-order chi connectivity index (χ0) is 13.4. The average Bonchev–Trinajstić information content (AvgIpc) is 2.38. The topological polar surface area (TPSA) is 55.1 Å². The van der Waals surface area contributed by atoms with Crippen LogP contribution in [0.5, 0.6) is 0 Å². The molecule has 0 fully saturated rings. The van der Waals surface area contributed by atoms with Gasteiger partial charge in [-0.1, -0.05) is 25.5 Å². The fourth-order valence-corrected chi connectivity index (χ4v) is 2.14. The van der Waals surface area contributed by atoms with Crippen molar-refractivity contribution in [3.63, 3.8) is 0 Å². The Morgan fingerprint density at radius 1 is 1.39 bits per heavy atom. The number of rotatable bonds is 7. The van der Waals surface area contributed by atoms with Crippen LogP contribution in [0.25, 0.3) is 0 Å². The zero-order valence-corrected chi connectivity index (χ0v) is 11.9. The van der Waals surface area contributed by atoms with Crippen LogP contribution in [0.15, 0.2) is 24.3 Å². The third kappa shape index (κ3) is 5.10. The highest BCUT2D eigenvalue weighted by molar-refractivity contribution is 7.98. The van der Waals surface area contributed by atoms with Gasteiger partial charge in [-0.25, -0.2) is 0 Å². The van der Waals surface area contributed by atoms with Crippen molar-refractivity contribution in [1.29, 1.82) is 0 Å². The SMILES string of the molecule is CCCc1ccc(NC(=O)[C@H](N)CCSC)cc1. The van der Waals surface area contributed by atoms with Crippen molar-refractivity contribution >= 4 is 23.4 Å². The number of amides is 1. The standard InChI is InChI=1S/C14H22N2OS/c1-3-4-11-5-7-12(8-6-11)16-14(17)13(15)9-10-18-2/h5-8,13H,3-4,9-10,15H2,1-2H3,(H,16,17)/t13-/m1/s1. The Morgan fingerprint density at radius 3 is 2.61 bits per heavy atom. The van der Waals surface area contributed by atoms with Gasteiger partial charge < -0.3 is 11.1 Å². The van der Waals surface area contributed by atoms with Crippen molar-refractivity contribution in [1.82, 2.24) is 0 Å². The van der Waals surface area contributed by atoms with Crippen molar-refractivity contribution in [2.24, 2.45) is 5.73 Å². The van der Waals surface area contributed by atoms with Gasteiger partial charge in [0.25, 0.3) is 0 Å². The predicted octanol–water partition coefficient (Wildman–Crippen LogP) is 2.66. The molecule has 3 nitrogen and oxygen atoms in total. The van der Waals surface area contributed by atoms with Gasteiger partial charge in [-0.05, 0) is 42.5 Å². The Morgan fingerprint density at radius 2 is 2.06 bits per heavy atom. The van der Waals surface area contributed by atoms with Crippen molar-refractivity contribution in [3.05, 3.63) is 29.8 Å².